The largest absolute Gasteiger partial charge is 0.419 e. The Bertz CT molecular complexity index is 671. The van der Waals surface area contributed by atoms with Crippen molar-refractivity contribution in [1.29, 1.82) is 0 Å². The Morgan fingerprint density at radius 2 is 2.18 bits per heavy atom. The molecule has 1 N–H and O–H groups in total. The van der Waals surface area contributed by atoms with E-state index in [9.17, 15) is 0 Å². The summed E-state index contributed by atoms with van der Waals surface area (Å²) in [7, 11) is 0. The summed E-state index contributed by atoms with van der Waals surface area (Å²) in [6.45, 7) is 3.35. The fourth-order valence-electron chi connectivity index (χ4n) is 2.21. The highest BCUT2D eigenvalue weighted by molar-refractivity contribution is 7.80. The summed E-state index contributed by atoms with van der Waals surface area (Å²) < 4.78 is 5.75. The van der Waals surface area contributed by atoms with Gasteiger partial charge in [-0.15, -0.1) is 10.2 Å². The van der Waals surface area contributed by atoms with Crippen LogP contribution in [0.1, 0.15) is 25.7 Å². The summed E-state index contributed by atoms with van der Waals surface area (Å²) in [4.78, 5) is 2.11. The third kappa shape index (κ3) is 3.39. The molecule has 0 unspecified atom stereocenters. The average molecular weight is 337 g/mol. The first-order chi connectivity index (χ1) is 10.7. The van der Waals surface area contributed by atoms with Gasteiger partial charge in [-0.05, 0) is 44.1 Å². The highest BCUT2D eigenvalue weighted by Gasteiger charge is 2.32. The van der Waals surface area contributed by atoms with E-state index in [0.29, 0.717) is 29.4 Å². The minimum Gasteiger partial charge on any atom is -0.419 e. The van der Waals surface area contributed by atoms with Gasteiger partial charge < -0.3 is 14.6 Å². The molecule has 1 saturated carbocycles. The Morgan fingerprint density at radius 3 is 2.86 bits per heavy atom. The van der Waals surface area contributed by atoms with Gasteiger partial charge in [0.2, 0.25) is 11.8 Å². The average Bonchev–Trinajstić information content (AvgIpc) is 3.24. The Labute approximate surface area is 139 Å². The summed E-state index contributed by atoms with van der Waals surface area (Å²) in [5.74, 6) is 0.979. The van der Waals surface area contributed by atoms with Crippen molar-refractivity contribution in [3.8, 4) is 11.5 Å². The second-order valence-corrected chi connectivity index (χ2v) is 5.97. The number of nitrogens with zero attached hydrogens (tertiary/aromatic N) is 3. The van der Waals surface area contributed by atoms with Crippen molar-refractivity contribution in [1.82, 2.24) is 20.4 Å². The number of thiocarbonyl (C=S) groups is 1. The highest BCUT2D eigenvalue weighted by Crippen LogP contribution is 2.30. The van der Waals surface area contributed by atoms with Gasteiger partial charge in [0.1, 0.15) is 0 Å². The molecule has 0 saturated heterocycles. The van der Waals surface area contributed by atoms with Gasteiger partial charge in [0.25, 0.3) is 0 Å². The van der Waals surface area contributed by atoms with Crippen molar-refractivity contribution in [3.63, 3.8) is 0 Å². The molecule has 7 heteroatoms. The van der Waals surface area contributed by atoms with Crippen LogP contribution in [0.4, 0.5) is 0 Å². The van der Waals surface area contributed by atoms with E-state index in [2.05, 4.69) is 20.4 Å². The zero-order valence-corrected chi connectivity index (χ0v) is 13.8. The normalized spacial score (nSPS) is 13.9. The monoisotopic (exact) mass is 336 g/mol. The lowest BCUT2D eigenvalue weighted by atomic mass is 10.2. The van der Waals surface area contributed by atoms with Crippen molar-refractivity contribution in [2.24, 2.45) is 0 Å². The maximum absolute atomic E-state index is 6.16. The quantitative estimate of drug-likeness (QED) is 0.846. The Kier molecular flexibility index (Phi) is 4.59. The number of nitrogens with one attached hydrogen (secondary N) is 1. The van der Waals surface area contributed by atoms with E-state index in [1.807, 2.05) is 25.1 Å². The molecule has 3 rings (SSSR count). The molecule has 116 valence electrons. The van der Waals surface area contributed by atoms with E-state index in [0.717, 1.165) is 30.1 Å². The molecule has 0 atom stereocenters. The van der Waals surface area contributed by atoms with Gasteiger partial charge in [0.15, 0.2) is 5.11 Å². The molecule has 1 aliphatic rings. The minimum atomic E-state index is 0.436. The van der Waals surface area contributed by atoms with Gasteiger partial charge in [0, 0.05) is 12.6 Å². The van der Waals surface area contributed by atoms with Gasteiger partial charge in [-0.25, -0.2) is 0 Å². The number of halogens is 1. The number of benzene rings is 1. The SMILES string of the molecule is CCNC(=S)N(Cc1nnc(-c2ccccc2Cl)o1)C1CC1. The first-order valence-corrected chi connectivity index (χ1v) is 8.09. The lowest BCUT2D eigenvalue weighted by Crippen LogP contribution is -2.40. The van der Waals surface area contributed by atoms with Crippen molar-refractivity contribution >= 4 is 28.9 Å². The van der Waals surface area contributed by atoms with Gasteiger partial charge in [0.05, 0.1) is 17.1 Å². The third-order valence-electron chi connectivity index (χ3n) is 3.45. The molecule has 5 nitrogen and oxygen atoms in total. The van der Waals surface area contributed by atoms with Crippen LogP contribution >= 0.6 is 23.8 Å². The smallest absolute Gasteiger partial charge is 0.249 e. The summed E-state index contributed by atoms with van der Waals surface area (Å²) in [5, 5.41) is 12.7. The molecule has 22 heavy (non-hydrogen) atoms. The van der Waals surface area contributed by atoms with Crippen LogP contribution in [-0.4, -0.2) is 32.8 Å². The van der Waals surface area contributed by atoms with Crippen LogP contribution in [0.2, 0.25) is 5.02 Å². The van der Waals surface area contributed by atoms with Crippen LogP contribution in [0.5, 0.6) is 0 Å². The van der Waals surface area contributed by atoms with Crippen LogP contribution < -0.4 is 5.32 Å². The predicted molar refractivity (Wildman–Crippen MR) is 89.6 cm³/mol. The molecule has 0 bridgehead atoms. The highest BCUT2D eigenvalue weighted by atomic mass is 35.5. The Morgan fingerprint density at radius 1 is 1.41 bits per heavy atom. The van der Waals surface area contributed by atoms with E-state index >= 15 is 0 Å². The van der Waals surface area contributed by atoms with Gasteiger partial charge >= 0.3 is 0 Å². The van der Waals surface area contributed by atoms with E-state index in [-0.39, 0.29) is 0 Å². The zero-order valence-electron chi connectivity index (χ0n) is 12.3. The maximum Gasteiger partial charge on any atom is 0.249 e. The minimum absolute atomic E-state index is 0.436. The van der Waals surface area contributed by atoms with E-state index in [1.54, 1.807) is 6.07 Å². The van der Waals surface area contributed by atoms with E-state index < -0.39 is 0 Å². The van der Waals surface area contributed by atoms with Crippen LogP contribution in [0.15, 0.2) is 28.7 Å². The Balaban J connectivity index is 1.76. The molecular weight excluding hydrogens is 320 g/mol. The second-order valence-electron chi connectivity index (χ2n) is 5.18. The van der Waals surface area contributed by atoms with Crippen molar-refractivity contribution in [2.75, 3.05) is 6.54 Å². The van der Waals surface area contributed by atoms with Crippen molar-refractivity contribution < 1.29 is 4.42 Å². The third-order valence-corrected chi connectivity index (χ3v) is 4.16. The van der Waals surface area contributed by atoms with Gasteiger partial charge in [-0.2, -0.15) is 0 Å². The molecule has 1 aromatic carbocycles. The molecule has 2 aromatic rings. The molecule has 0 spiro atoms. The number of hydrogen-bond donors (Lipinski definition) is 1. The molecule has 1 aromatic heterocycles. The molecule has 1 heterocycles. The molecule has 1 fully saturated rings. The van der Waals surface area contributed by atoms with Crippen molar-refractivity contribution in [2.45, 2.75) is 32.4 Å². The predicted octanol–water partition coefficient (Wildman–Crippen LogP) is 3.25. The lowest BCUT2D eigenvalue weighted by molar-refractivity contribution is 0.343. The number of rotatable bonds is 5. The second kappa shape index (κ2) is 6.62. The fourth-order valence-corrected chi connectivity index (χ4v) is 2.79. The van der Waals surface area contributed by atoms with Crippen LogP contribution in [0, 0.1) is 0 Å². The fraction of sp³-hybridized carbons (Fsp3) is 0.400. The molecular formula is C15H17ClN4OS. The first kappa shape index (κ1) is 15.2. The van der Waals surface area contributed by atoms with Gasteiger partial charge in [-0.3, -0.25) is 0 Å². The molecule has 1 aliphatic carbocycles. The van der Waals surface area contributed by atoms with Crippen molar-refractivity contribution in [3.05, 3.63) is 35.2 Å². The molecule has 0 aliphatic heterocycles. The molecule has 0 radical (unpaired) electrons. The van der Waals surface area contributed by atoms with Gasteiger partial charge in [-0.1, -0.05) is 23.7 Å². The number of aromatic nitrogens is 2. The summed E-state index contributed by atoms with van der Waals surface area (Å²) in [6.07, 6.45) is 2.30. The Hall–Kier alpha value is -1.66. The topological polar surface area (TPSA) is 54.2 Å². The maximum atomic E-state index is 6.16. The van der Waals surface area contributed by atoms with E-state index in [4.69, 9.17) is 28.2 Å². The van der Waals surface area contributed by atoms with Crippen LogP contribution in [-0.2, 0) is 6.54 Å². The summed E-state index contributed by atoms with van der Waals surface area (Å²) in [5.41, 5.74) is 0.746. The summed E-state index contributed by atoms with van der Waals surface area (Å²) in [6, 6.07) is 7.90. The molecule has 0 amide bonds. The number of hydrogen-bond acceptors (Lipinski definition) is 4. The van der Waals surface area contributed by atoms with Crippen LogP contribution in [0.3, 0.4) is 0 Å². The van der Waals surface area contributed by atoms with E-state index in [1.165, 1.54) is 0 Å². The van der Waals surface area contributed by atoms with Crippen LogP contribution in [0.25, 0.3) is 11.5 Å². The summed E-state index contributed by atoms with van der Waals surface area (Å²) >= 11 is 11.6. The zero-order chi connectivity index (χ0) is 15.5. The first-order valence-electron chi connectivity index (χ1n) is 7.30. The standard InChI is InChI=1S/C15H17ClN4OS/c1-2-17-15(22)20(10-7-8-10)9-13-18-19-14(21-13)11-5-3-4-6-12(11)16/h3-6,10H,2,7-9H2,1H3,(H,17,22). The lowest BCUT2D eigenvalue weighted by Gasteiger charge is -2.23.